The van der Waals surface area contributed by atoms with Crippen LogP contribution in [0.4, 0.5) is 13.2 Å². The number of benzene rings is 1. The molecule has 2 aromatic heterocycles. The quantitative estimate of drug-likeness (QED) is 0.790. The third-order valence-electron chi connectivity index (χ3n) is 3.54. The van der Waals surface area contributed by atoms with Crippen molar-refractivity contribution < 1.29 is 13.2 Å². The van der Waals surface area contributed by atoms with Crippen LogP contribution in [-0.4, -0.2) is 14.8 Å². The van der Waals surface area contributed by atoms with Crippen molar-refractivity contribution in [3.05, 3.63) is 58.3 Å². The molecule has 0 radical (unpaired) electrons. The van der Waals surface area contributed by atoms with Crippen molar-refractivity contribution in [2.45, 2.75) is 19.5 Å². The minimum Gasteiger partial charge on any atom is -0.317 e. The predicted octanol–water partition coefficient (Wildman–Crippen LogP) is 3.30. The number of aryl methyl sites for hydroxylation is 1. The van der Waals surface area contributed by atoms with Crippen molar-refractivity contribution in [1.29, 1.82) is 0 Å². The maximum Gasteiger partial charge on any atom is 0.423 e. The highest BCUT2D eigenvalue weighted by molar-refractivity contribution is 5.86. The summed E-state index contributed by atoms with van der Waals surface area (Å²) in [5.74, 6) is 0. The van der Waals surface area contributed by atoms with Gasteiger partial charge in [-0.15, -0.1) is 0 Å². The number of nitrogens with zero attached hydrogens (tertiary/aromatic N) is 2. The van der Waals surface area contributed by atoms with E-state index in [4.69, 9.17) is 0 Å². The van der Waals surface area contributed by atoms with Crippen LogP contribution in [0.2, 0.25) is 0 Å². The Bertz CT molecular complexity index is 893. The number of aromatic nitrogens is 3. The Kier molecular flexibility index (Phi) is 3.27. The maximum absolute atomic E-state index is 13.2. The van der Waals surface area contributed by atoms with Gasteiger partial charge in [-0.3, -0.25) is 4.79 Å². The second-order valence-corrected chi connectivity index (χ2v) is 4.84. The lowest BCUT2D eigenvalue weighted by Crippen LogP contribution is -2.25. The summed E-state index contributed by atoms with van der Waals surface area (Å²) in [6, 6.07) is 7.30. The molecular formula is C15H12F3N3O. The maximum atomic E-state index is 13.2. The molecule has 7 heteroatoms. The summed E-state index contributed by atoms with van der Waals surface area (Å²) in [6.45, 7) is 1.85. The highest BCUT2D eigenvalue weighted by atomic mass is 19.4. The normalized spacial score (nSPS) is 12.0. The number of alkyl halides is 3. The van der Waals surface area contributed by atoms with E-state index in [1.54, 1.807) is 6.20 Å². The highest BCUT2D eigenvalue weighted by Gasteiger charge is 2.38. The zero-order chi connectivity index (χ0) is 15.9. The Labute approximate surface area is 123 Å². The zero-order valence-electron chi connectivity index (χ0n) is 11.6. The lowest BCUT2D eigenvalue weighted by Gasteiger charge is -2.14. The Morgan fingerprint density at radius 3 is 2.68 bits per heavy atom. The van der Waals surface area contributed by atoms with Gasteiger partial charge in [-0.25, -0.2) is 5.10 Å². The Morgan fingerprint density at radius 2 is 2.00 bits per heavy atom. The van der Waals surface area contributed by atoms with E-state index in [2.05, 4.69) is 5.10 Å². The van der Waals surface area contributed by atoms with Gasteiger partial charge in [0.05, 0.1) is 11.9 Å². The van der Waals surface area contributed by atoms with Crippen LogP contribution in [0.1, 0.15) is 18.2 Å². The average Bonchev–Trinajstić information content (AvgIpc) is 2.84. The van der Waals surface area contributed by atoms with Gasteiger partial charge in [-0.05, 0) is 6.42 Å². The molecule has 1 N–H and O–H groups in total. The first-order valence-electron chi connectivity index (χ1n) is 6.67. The largest absolute Gasteiger partial charge is 0.423 e. The Balaban J connectivity index is 2.38. The van der Waals surface area contributed by atoms with E-state index in [1.165, 1.54) is 4.57 Å². The summed E-state index contributed by atoms with van der Waals surface area (Å²) >= 11 is 0. The number of H-pyrrole nitrogens is 1. The fourth-order valence-electron chi connectivity index (χ4n) is 2.64. The van der Waals surface area contributed by atoms with E-state index >= 15 is 0 Å². The first-order chi connectivity index (χ1) is 10.4. The summed E-state index contributed by atoms with van der Waals surface area (Å²) in [7, 11) is 0. The number of fused-ring (bicyclic) bond motifs is 1. The number of rotatable bonds is 2. The summed E-state index contributed by atoms with van der Waals surface area (Å²) in [5, 5.41) is 7.04. The highest BCUT2D eigenvalue weighted by Crippen LogP contribution is 2.33. The van der Waals surface area contributed by atoms with Gasteiger partial charge < -0.3 is 4.57 Å². The van der Waals surface area contributed by atoms with Crippen LogP contribution >= 0.6 is 0 Å². The molecule has 0 atom stereocenters. The van der Waals surface area contributed by atoms with E-state index in [9.17, 15) is 18.0 Å². The molecule has 4 nitrogen and oxygen atoms in total. The van der Waals surface area contributed by atoms with E-state index in [0.717, 1.165) is 17.0 Å². The molecule has 0 saturated heterocycles. The third kappa shape index (κ3) is 2.18. The molecule has 2 heterocycles. The smallest absolute Gasteiger partial charge is 0.317 e. The lowest BCUT2D eigenvalue weighted by atomic mass is 10.1. The SMILES string of the molecule is CCc1c2ccccc2cn1-c1cn[nH]c(=O)c1C(F)(F)F. The summed E-state index contributed by atoms with van der Waals surface area (Å²) < 4.78 is 41.1. The molecule has 0 aliphatic heterocycles. The second-order valence-electron chi connectivity index (χ2n) is 4.84. The van der Waals surface area contributed by atoms with Crippen LogP contribution < -0.4 is 5.56 Å². The Morgan fingerprint density at radius 1 is 1.27 bits per heavy atom. The molecule has 22 heavy (non-hydrogen) atoms. The molecule has 0 bridgehead atoms. The number of hydrogen-bond acceptors (Lipinski definition) is 2. The van der Waals surface area contributed by atoms with E-state index in [-0.39, 0.29) is 5.69 Å². The summed E-state index contributed by atoms with van der Waals surface area (Å²) in [5.41, 5.74) is -2.04. The first kappa shape index (κ1) is 14.4. The molecule has 114 valence electrons. The second kappa shape index (κ2) is 5.01. The molecule has 3 rings (SSSR count). The van der Waals surface area contributed by atoms with Crippen LogP contribution in [0.5, 0.6) is 0 Å². The molecule has 0 aliphatic rings. The van der Waals surface area contributed by atoms with Crippen LogP contribution in [0.25, 0.3) is 16.5 Å². The molecule has 0 saturated carbocycles. The van der Waals surface area contributed by atoms with Crippen molar-refractivity contribution in [1.82, 2.24) is 14.8 Å². The van der Waals surface area contributed by atoms with Gasteiger partial charge in [0.2, 0.25) is 0 Å². The minimum absolute atomic E-state index is 0.260. The number of hydrogen-bond donors (Lipinski definition) is 1. The van der Waals surface area contributed by atoms with Gasteiger partial charge in [0.25, 0.3) is 5.56 Å². The summed E-state index contributed by atoms with van der Waals surface area (Å²) in [6.07, 6.45) is -1.60. The minimum atomic E-state index is -4.76. The first-order valence-corrected chi connectivity index (χ1v) is 6.67. The fraction of sp³-hybridized carbons (Fsp3) is 0.200. The van der Waals surface area contributed by atoms with Crippen molar-refractivity contribution in [2.75, 3.05) is 0 Å². The van der Waals surface area contributed by atoms with Crippen molar-refractivity contribution in [3.8, 4) is 5.69 Å². The molecule has 1 aromatic carbocycles. The van der Waals surface area contributed by atoms with E-state index in [0.29, 0.717) is 12.1 Å². The third-order valence-corrected chi connectivity index (χ3v) is 3.54. The fourth-order valence-corrected chi connectivity index (χ4v) is 2.64. The van der Waals surface area contributed by atoms with Crippen LogP contribution in [0.15, 0.2) is 41.5 Å². The van der Waals surface area contributed by atoms with Crippen LogP contribution in [0.3, 0.4) is 0 Å². The Hall–Kier alpha value is -2.57. The lowest BCUT2D eigenvalue weighted by molar-refractivity contribution is -0.138. The van der Waals surface area contributed by atoms with Crippen molar-refractivity contribution in [3.63, 3.8) is 0 Å². The molecule has 0 aliphatic carbocycles. The van der Waals surface area contributed by atoms with Gasteiger partial charge in [0.1, 0.15) is 5.56 Å². The topological polar surface area (TPSA) is 50.7 Å². The van der Waals surface area contributed by atoms with Crippen LogP contribution in [0, 0.1) is 0 Å². The standard InChI is InChI=1S/C15H12F3N3O/c1-2-11-10-6-4-3-5-9(10)8-21(11)12-7-19-20-14(22)13(12)15(16,17)18/h3-8H,2H2,1H3,(H,20,22). The summed E-state index contributed by atoms with van der Waals surface area (Å²) in [4.78, 5) is 11.6. The van der Waals surface area contributed by atoms with Gasteiger partial charge in [-0.2, -0.15) is 18.3 Å². The van der Waals surface area contributed by atoms with Crippen molar-refractivity contribution in [2.24, 2.45) is 0 Å². The zero-order valence-corrected chi connectivity index (χ0v) is 11.6. The average molecular weight is 307 g/mol. The number of aromatic amines is 1. The van der Waals surface area contributed by atoms with E-state index in [1.807, 2.05) is 36.3 Å². The number of nitrogens with one attached hydrogen (secondary N) is 1. The van der Waals surface area contributed by atoms with Crippen LogP contribution in [-0.2, 0) is 12.6 Å². The van der Waals surface area contributed by atoms with Gasteiger partial charge in [0.15, 0.2) is 0 Å². The predicted molar refractivity (Wildman–Crippen MR) is 76.1 cm³/mol. The number of halogens is 3. The molecule has 0 unspecified atom stereocenters. The van der Waals surface area contributed by atoms with Gasteiger partial charge in [0, 0.05) is 22.7 Å². The van der Waals surface area contributed by atoms with E-state index < -0.39 is 17.3 Å². The van der Waals surface area contributed by atoms with Gasteiger partial charge >= 0.3 is 6.18 Å². The molecule has 0 spiro atoms. The van der Waals surface area contributed by atoms with Gasteiger partial charge in [-0.1, -0.05) is 31.2 Å². The molecule has 0 amide bonds. The molecule has 0 fully saturated rings. The van der Waals surface area contributed by atoms with Crippen molar-refractivity contribution >= 4 is 10.8 Å². The molecule has 3 aromatic rings. The monoisotopic (exact) mass is 307 g/mol. The molecular weight excluding hydrogens is 295 g/mol.